The molecule has 0 aliphatic carbocycles. The SMILES string of the molecule is CN[C@@H](C)C(=O)N[C@@H](Cc1ccc(OCCCCOc2ccc(C[C@H](NC(=O)[C@H](C)NC)C(=O)N3CC(C)(C)c4[nH]c(=O)c(Cc5ccc(F)cc5)cc43)cc2)cc1)C(=O)N1CC(C)(C)c2[nH]c(=O)c(Cc3ccc(F)cc3)cc21. The van der Waals surface area contributed by atoms with Gasteiger partial charge < -0.3 is 50.5 Å². The molecule has 2 aromatic heterocycles. The quantitative estimate of drug-likeness (QED) is 0.0376. The minimum Gasteiger partial charge on any atom is -0.494 e. The van der Waals surface area contributed by atoms with Crippen molar-refractivity contribution in [1.29, 1.82) is 0 Å². The number of carbonyl (C=O) groups is 4. The Morgan fingerprint density at radius 3 is 1.23 bits per heavy atom. The van der Waals surface area contributed by atoms with Gasteiger partial charge in [0.25, 0.3) is 11.1 Å². The number of nitrogens with zero attached hydrogens (tertiary/aromatic N) is 2. The first-order chi connectivity index (χ1) is 38.1. The topological polar surface area (TPSA) is 207 Å². The van der Waals surface area contributed by atoms with Crippen LogP contribution in [-0.4, -0.2) is 98.2 Å². The summed E-state index contributed by atoms with van der Waals surface area (Å²) in [6.45, 7) is 12.7. The molecular weight excluding hydrogens is 1020 g/mol. The Kier molecular flexibility index (Phi) is 18.2. The number of anilines is 2. The molecule has 4 aromatic carbocycles. The molecule has 0 saturated carbocycles. The fourth-order valence-corrected chi connectivity index (χ4v) is 10.1. The minimum atomic E-state index is -0.936. The van der Waals surface area contributed by atoms with Crippen molar-refractivity contribution in [3.05, 3.63) is 186 Å². The second kappa shape index (κ2) is 25.0. The van der Waals surface area contributed by atoms with Gasteiger partial charge in [-0.2, -0.15) is 0 Å². The number of benzene rings is 4. The summed E-state index contributed by atoms with van der Waals surface area (Å²) in [7, 11) is 3.34. The highest BCUT2D eigenvalue weighted by molar-refractivity contribution is 6.03. The van der Waals surface area contributed by atoms with Gasteiger partial charge in [0, 0.05) is 72.1 Å². The first kappa shape index (κ1) is 58.2. The van der Waals surface area contributed by atoms with Crippen LogP contribution < -0.4 is 51.7 Å². The number of pyridine rings is 2. The number of carbonyl (C=O) groups excluding carboxylic acids is 4. The number of hydrogen-bond acceptors (Lipinski definition) is 10. The number of H-pyrrole nitrogens is 2. The van der Waals surface area contributed by atoms with E-state index in [9.17, 15) is 37.5 Å². The molecule has 6 aromatic rings. The van der Waals surface area contributed by atoms with E-state index in [1.165, 1.54) is 24.3 Å². The van der Waals surface area contributed by atoms with Gasteiger partial charge in [0.15, 0.2) is 0 Å². The van der Waals surface area contributed by atoms with E-state index in [1.807, 2.05) is 76.2 Å². The summed E-state index contributed by atoms with van der Waals surface area (Å²) in [5.41, 5.74) is 4.62. The third kappa shape index (κ3) is 13.9. The summed E-state index contributed by atoms with van der Waals surface area (Å²) in [5.74, 6) is -0.789. The van der Waals surface area contributed by atoms with Gasteiger partial charge in [-0.1, -0.05) is 76.2 Å². The molecule has 80 heavy (non-hydrogen) atoms. The predicted molar refractivity (Wildman–Crippen MR) is 305 cm³/mol. The van der Waals surface area contributed by atoms with Gasteiger partial charge in [0.1, 0.15) is 35.2 Å². The number of aromatic amines is 2. The van der Waals surface area contributed by atoms with E-state index in [-0.39, 0.29) is 85.2 Å². The predicted octanol–water partition coefficient (Wildman–Crippen LogP) is 6.68. The molecule has 4 atom stereocenters. The number of likely N-dealkylation sites (N-methyl/N-ethyl adjacent to an activating group) is 2. The lowest BCUT2D eigenvalue weighted by Crippen LogP contribution is -2.53. The molecular formula is C62H72F2N8O8. The van der Waals surface area contributed by atoms with Gasteiger partial charge in [-0.05, 0) is 124 Å². The van der Waals surface area contributed by atoms with Crippen molar-refractivity contribution in [3.8, 4) is 11.5 Å². The number of nitrogens with one attached hydrogen (secondary N) is 6. The smallest absolute Gasteiger partial charge is 0.251 e. The second-order valence-electron chi connectivity index (χ2n) is 22.2. The Labute approximate surface area is 465 Å². The summed E-state index contributed by atoms with van der Waals surface area (Å²) in [6, 6.07) is 27.2. The Morgan fingerprint density at radius 1 is 0.550 bits per heavy atom. The Morgan fingerprint density at radius 2 is 0.887 bits per heavy atom. The molecule has 422 valence electrons. The number of ether oxygens (including phenoxy) is 2. The number of hydrogen-bond donors (Lipinski definition) is 6. The molecule has 0 bridgehead atoms. The van der Waals surface area contributed by atoms with Gasteiger partial charge in [0.05, 0.1) is 36.7 Å². The summed E-state index contributed by atoms with van der Waals surface area (Å²) in [5, 5.41) is 11.8. The van der Waals surface area contributed by atoms with E-state index in [4.69, 9.17) is 9.47 Å². The number of rotatable bonds is 23. The molecule has 2 aliphatic rings. The highest BCUT2D eigenvalue weighted by atomic mass is 19.1. The lowest BCUT2D eigenvalue weighted by molar-refractivity contribution is -0.128. The van der Waals surface area contributed by atoms with E-state index >= 15 is 0 Å². The largest absolute Gasteiger partial charge is 0.494 e. The molecule has 4 heterocycles. The van der Waals surface area contributed by atoms with Crippen LogP contribution in [0.25, 0.3) is 0 Å². The summed E-state index contributed by atoms with van der Waals surface area (Å²) in [6.07, 6.45) is 2.27. The molecule has 4 amide bonds. The van der Waals surface area contributed by atoms with E-state index in [2.05, 4.69) is 31.2 Å². The van der Waals surface area contributed by atoms with Gasteiger partial charge in [0.2, 0.25) is 23.6 Å². The van der Waals surface area contributed by atoms with Crippen molar-refractivity contribution in [1.82, 2.24) is 31.2 Å². The van der Waals surface area contributed by atoms with E-state index in [0.717, 1.165) is 22.3 Å². The van der Waals surface area contributed by atoms with Gasteiger partial charge in [-0.3, -0.25) is 28.8 Å². The molecule has 0 spiro atoms. The fraction of sp³-hybridized carbons (Fsp3) is 0.387. The van der Waals surface area contributed by atoms with Crippen molar-refractivity contribution in [3.63, 3.8) is 0 Å². The standard InChI is InChI=1S/C62H72F2N8O8/c1-37(65-7)55(73)67-49(59(77)71-35-61(3,4)53-51(71)33-43(57(75)69-53)29-39-11-19-45(63)20-12-39)31-41-15-23-47(24-16-41)79-27-9-10-28-80-48-25-17-42(18-26-48)32-50(68-56(74)38(2)66-8)60(78)72-36-62(5,6)54-52(72)34-44(58(76)70-54)30-40-13-21-46(64)22-14-40/h11-26,33-34,37-38,49-50,65-66H,9-10,27-32,35-36H2,1-8H3,(H,67,73)(H,68,74)(H,69,75)(H,70,76)/t37-,38-,49-,50-/m0/s1. The summed E-state index contributed by atoms with van der Waals surface area (Å²) < 4.78 is 39.4. The maximum atomic E-state index is 14.6. The molecule has 8 rings (SSSR count). The first-order valence-corrected chi connectivity index (χ1v) is 27.2. The van der Waals surface area contributed by atoms with Gasteiger partial charge in [-0.15, -0.1) is 0 Å². The first-order valence-electron chi connectivity index (χ1n) is 27.2. The van der Waals surface area contributed by atoms with Crippen molar-refractivity contribution < 1.29 is 37.4 Å². The third-order valence-corrected chi connectivity index (χ3v) is 15.1. The highest BCUT2D eigenvalue weighted by Gasteiger charge is 2.43. The molecule has 18 heteroatoms. The van der Waals surface area contributed by atoms with Crippen LogP contribution in [-0.2, 0) is 55.7 Å². The van der Waals surface area contributed by atoms with Crippen LogP contribution in [0.1, 0.15) is 99.2 Å². The Balaban J connectivity index is 0.851. The normalized spacial score (nSPS) is 15.5. The van der Waals surface area contributed by atoms with E-state index in [1.54, 1.807) is 74.1 Å². The maximum Gasteiger partial charge on any atom is 0.251 e. The summed E-state index contributed by atoms with van der Waals surface area (Å²) >= 11 is 0. The zero-order chi connectivity index (χ0) is 57.5. The van der Waals surface area contributed by atoms with Gasteiger partial charge in [-0.25, -0.2) is 8.78 Å². The minimum absolute atomic E-state index is 0.196. The highest BCUT2D eigenvalue weighted by Crippen LogP contribution is 2.41. The lowest BCUT2D eigenvalue weighted by Gasteiger charge is -2.27. The average molecular weight is 1100 g/mol. The monoisotopic (exact) mass is 1090 g/mol. The van der Waals surface area contributed by atoms with Crippen molar-refractivity contribution >= 4 is 35.0 Å². The molecule has 0 unspecified atom stereocenters. The maximum absolute atomic E-state index is 14.6. The number of fused-ring (bicyclic) bond motifs is 2. The molecule has 0 saturated heterocycles. The van der Waals surface area contributed by atoms with Crippen LogP contribution in [0.15, 0.2) is 119 Å². The zero-order valence-corrected chi connectivity index (χ0v) is 46.7. The van der Waals surface area contributed by atoms with Crippen LogP contribution >= 0.6 is 0 Å². The number of unbranched alkanes of at least 4 members (excludes halogenated alkanes) is 1. The number of amides is 4. The van der Waals surface area contributed by atoms with E-state index in [0.29, 0.717) is 71.4 Å². The number of halogens is 2. The van der Waals surface area contributed by atoms with Crippen molar-refractivity contribution in [2.45, 2.75) is 115 Å². The Bertz CT molecular complexity index is 3090. The van der Waals surface area contributed by atoms with Crippen LogP contribution in [0.3, 0.4) is 0 Å². The Hall–Kier alpha value is -7.96. The molecule has 6 N–H and O–H groups in total. The fourth-order valence-electron chi connectivity index (χ4n) is 10.1. The molecule has 0 fully saturated rings. The van der Waals surface area contributed by atoms with Crippen LogP contribution in [0.4, 0.5) is 20.2 Å². The molecule has 16 nitrogen and oxygen atoms in total. The van der Waals surface area contributed by atoms with Crippen molar-refractivity contribution in [2.75, 3.05) is 50.2 Å². The van der Waals surface area contributed by atoms with Crippen molar-refractivity contribution in [2.24, 2.45) is 0 Å². The summed E-state index contributed by atoms with van der Waals surface area (Å²) in [4.78, 5) is 91.7. The van der Waals surface area contributed by atoms with Crippen LogP contribution in [0.5, 0.6) is 11.5 Å². The molecule has 2 aliphatic heterocycles. The average Bonchev–Trinajstić information content (AvgIpc) is 4.09. The van der Waals surface area contributed by atoms with Crippen LogP contribution in [0.2, 0.25) is 0 Å². The second-order valence-corrected chi connectivity index (χ2v) is 22.2. The third-order valence-electron chi connectivity index (χ3n) is 15.1. The van der Waals surface area contributed by atoms with Gasteiger partial charge >= 0.3 is 0 Å². The lowest BCUT2D eigenvalue weighted by atomic mass is 9.91. The molecule has 0 radical (unpaired) electrons. The van der Waals surface area contributed by atoms with Crippen LogP contribution in [0, 0.1) is 11.6 Å². The zero-order valence-electron chi connectivity index (χ0n) is 46.7. The number of aromatic nitrogens is 2. The van der Waals surface area contributed by atoms with E-state index < -0.39 is 35.0 Å².